The Bertz CT molecular complexity index is 456. The van der Waals surface area contributed by atoms with Crippen molar-refractivity contribution in [2.45, 2.75) is 59.4 Å². The highest BCUT2D eigenvalue weighted by Crippen LogP contribution is 2.26. The predicted octanol–water partition coefficient (Wildman–Crippen LogP) is 2.97. The average Bonchev–Trinajstić information content (AvgIpc) is 2.54. The zero-order chi connectivity index (χ0) is 14.2. The lowest BCUT2D eigenvalue weighted by atomic mass is 10.1. The Hall–Kier alpha value is -0.390. The number of rotatable bonds is 3. The highest BCUT2D eigenvalue weighted by atomic mass is 79.9. The number of morpholine rings is 1. The zero-order valence-electron chi connectivity index (χ0n) is 12.5. The molecule has 1 aliphatic heterocycles. The van der Waals surface area contributed by atoms with Crippen molar-refractivity contribution >= 4 is 15.9 Å². The van der Waals surface area contributed by atoms with Crippen LogP contribution >= 0.6 is 15.9 Å². The number of aromatic nitrogens is 2. The molecule has 1 aliphatic rings. The maximum atomic E-state index is 5.96. The molecule has 0 N–H and O–H groups in total. The van der Waals surface area contributed by atoms with Crippen molar-refractivity contribution in [1.82, 2.24) is 14.7 Å². The molecule has 0 aliphatic carbocycles. The first-order chi connectivity index (χ1) is 8.82. The van der Waals surface area contributed by atoms with Gasteiger partial charge in [-0.25, -0.2) is 0 Å². The number of ether oxygens (including phenoxy) is 1. The van der Waals surface area contributed by atoms with Crippen molar-refractivity contribution in [2.75, 3.05) is 13.1 Å². The first kappa shape index (κ1) is 15.0. The Labute approximate surface area is 124 Å². The molecule has 4 nitrogen and oxygen atoms in total. The van der Waals surface area contributed by atoms with Crippen LogP contribution in [-0.2, 0) is 17.8 Å². The van der Waals surface area contributed by atoms with Gasteiger partial charge >= 0.3 is 0 Å². The number of halogens is 1. The van der Waals surface area contributed by atoms with Gasteiger partial charge in [0.25, 0.3) is 0 Å². The van der Waals surface area contributed by atoms with Crippen LogP contribution in [0.5, 0.6) is 0 Å². The largest absolute Gasteiger partial charge is 0.370 e. The minimum atomic E-state index is -0.0732. The van der Waals surface area contributed by atoms with Crippen LogP contribution in [-0.4, -0.2) is 39.5 Å². The Kier molecular flexibility index (Phi) is 4.38. The van der Waals surface area contributed by atoms with E-state index in [1.54, 1.807) is 0 Å². The molecule has 1 aromatic rings. The van der Waals surface area contributed by atoms with Crippen LogP contribution in [0.15, 0.2) is 4.47 Å². The van der Waals surface area contributed by atoms with Gasteiger partial charge < -0.3 is 4.74 Å². The maximum absolute atomic E-state index is 5.96. The molecule has 1 atom stereocenters. The Morgan fingerprint density at radius 2 is 2.16 bits per heavy atom. The molecule has 1 aromatic heterocycles. The smallest absolute Gasteiger partial charge is 0.0757 e. The SMILES string of the molecule is CCn1nc(C)c(Br)c1CN1CC(C)OC(C)(C)C1. The third kappa shape index (κ3) is 3.38. The summed E-state index contributed by atoms with van der Waals surface area (Å²) < 4.78 is 9.19. The van der Waals surface area contributed by atoms with Crippen LogP contribution in [0.25, 0.3) is 0 Å². The van der Waals surface area contributed by atoms with Gasteiger partial charge in [0.1, 0.15) is 0 Å². The third-order valence-electron chi connectivity index (χ3n) is 3.47. The van der Waals surface area contributed by atoms with Crippen molar-refractivity contribution in [2.24, 2.45) is 0 Å². The van der Waals surface area contributed by atoms with E-state index in [4.69, 9.17) is 4.74 Å². The van der Waals surface area contributed by atoms with E-state index in [0.29, 0.717) is 0 Å². The van der Waals surface area contributed by atoms with Crippen LogP contribution in [0.2, 0.25) is 0 Å². The van der Waals surface area contributed by atoms with Crippen molar-refractivity contribution in [3.63, 3.8) is 0 Å². The van der Waals surface area contributed by atoms with Gasteiger partial charge in [-0.3, -0.25) is 9.58 Å². The molecule has 2 heterocycles. The van der Waals surface area contributed by atoms with Crippen LogP contribution in [0.4, 0.5) is 0 Å². The molecule has 0 aromatic carbocycles. The summed E-state index contributed by atoms with van der Waals surface area (Å²) in [7, 11) is 0. The summed E-state index contributed by atoms with van der Waals surface area (Å²) in [5.74, 6) is 0. The van der Waals surface area contributed by atoms with Gasteiger partial charge in [0, 0.05) is 26.2 Å². The average molecular weight is 330 g/mol. The second kappa shape index (κ2) is 5.54. The fraction of sp³-hybridized carbons (Fsp3) is 0.786. The van der Waals surface area contributed by atoms with E-state index in [1.165, 1.54) is 5.69 Å². The number of hydrogen-bond donors (Lipinski definition) is 0. The molecular formula is C14H24BrN3O. The van der Waals surface area contributed by atoms with Crippen LogP contribution in [0, 0.1) is 6.92 Å². The normalized spacial score (nSPS) is 23.8. The minimum absolute atomic E-state index is 0.0732. The monoisotopic (exact) mass is 329 g/mol. The molecule has 2 rings (SSSR count). The Balaban J connectivity index is 2.17. The molecule has 0 bridgehead atoms. The number of nitrogens with zero attached hydrogens (tertiary/aromatic N) is 3. The molecular weight excluding hydrogens is 306 g/mol. The molecule has 19 heavy (non-hydrogen) atoms. The molecule has 0 spiro atoms. The quantitative estimate of drug-likeness (QED) is 0.854. The molecule has 108 valence electrons. The van der Waals surface area contributed by atoms with Gasteiger partial charge in [0.2, 0.25) is 0 Å². The van der Waals surface area contributed by atoms with E-state index < -0.39 is 0 Å². The summed E-state index contributed by atoms with van der Waals surface area (Å²) in [5.41, 5.74) is 2.26. The van der Waals surface area contributed by atoms with E-state index in [2.05, 4.69) is 58.3 Å². The van der Waals surface area contributed by atoms with Crippen molar-refractivity contribution in [3.05, 3.63) is 15.9 Å². The third-order valence-corrected chi connectivity index (χ3v) is 4.50. The second-order valence-corrected chi connectivity index (χ2v) is 6.81. The summed E-state index contributed by atoms with van der Waals surface area (Å²) in [6.45, 7) is 14.4. The summed E-state index contributed by atoms with van der Waals surface area (Å²) in [6.07, 6.45) is 0.279. The van der Waals surface area contributed by atoms with Gasteiger partial charge in [-0.15, -0.1) is 0 Å². The lowest BCUT2D eigenvalue weighted by molar-refractivity contribution is -0.131. The number of aryl methyl sites for hydroxylation is 2. The van der Waals surface area contributed by atoms with E-state index >= 15 is 0 Å². The first-order valence-electron chi connectivity index (χ1n) is 6.94. The van der Waals surface area contributed by atoms with Crippen LogP contribution in [0.3, 0.4) is 0 Å². The summed E-state index contributed by atoms with van der Waals surface area (Å²) in [6, 6.07) is 0. The van der Waals surface area contributed by atoms with Gasteiger partial charge in [-0.05, 0) is 50.5 Å². The molecule has 1 saturated heterocycles. The fourth-order valence-corrected chi connectivity index (χ4v) is 3.35. The number of hydrogen-bond acceptors (Lipinski definition) is 3. The summed E-state index contributed by atoms with van der Waals surface area (Å²) >= 11 is 3.67. The van der Waals surface area contributed by atoms with Gasteiger partial charge in [-0.2, -0.15) is 5.10 Å². The molecule has 5 heteroatoms. The molecule has 1 fully saturated rings. The van der Waals surface area contributed by atoms with Gasteiger partial charge in [0.05, 0.1) is 27.6 Å². The summed E-state index contributed by atoms with van der Waals surface area (Å²) in [4.78, 5) is 2.46. The lowest BCUT2D eigenvalue weighted by Crippen LogP contribution is -2.51. The second-order valence-electron chi connectivity index (χ2n) is 6.02. The van der Waals surface area contributed by atoms with Crippen molar-refractivity contribution in [3.8, 4) is 0 Å². The minimum Gasteiger partial charge on any atom is -0.370 e. The van der Waals surface area contributed by atoms with E-state index in [9.17, 15) is 0 Å². The standard InChI is InChI=1S/C14H24BrN3O/c1-6-18-12(13(15)11(3)16-18)8-17-7-10(2)19-14(4,5)9-17/h10H,6-9H2,1-5H3. The van der Waals surface area contributed by atoms with Crippen LogP contribution < -0.4 is 0 Å². The van der Waals surface area contributed by atoms with E-state index in [1.807, 2.05) is 6.92 Å². The Morgan fingerprint density at radius 1 is 1.47 bits per heavy atom. The fourth-order valence-electron chi connectivity index (χ4n) is 2.94. The van der Waals surface area contributed by atoms with Crippen molar-refractivity contribution < 1.29 is 4.74 Å². The highest BCUT2D eigenvalue weighted by molar-refractivity contribution is 9.10. The predicted molar refractivity (Wildman–Crippen MR) is 80.2 cm³/mol. The Morgan fingerprint density at radius 3 is 2.74 bits per heavy atom. The summed E-state index contributed by atoms with van der Waals surface area (Å²) in [5, 5.41) is 4.56. The molecule has 1 unspecified atom stereocenters. The molecule has 0 saturated carbocycles. The first-order valence-corrected chi connectivity index (χ1v) is 7.73. The van der Waals surface area contributed by atoms with E-state index in [0.717, 1.165) is 36.3 Å². The zero-order valence-corrected chi connectivity index (χ0v) is 14.1. The molecule has 0 radical (unpaired) electrons. The lowest BCUT2D eigenvalue weighted by Gasteiger charge is -2.41. The topological polar surface area (TPSA) is 30.3 Å². The maximum Gasteiger partial charge on any atom is 0.0757 e. The van der Waals surface area contributed by atoms with Crippen LogP contribution in [0.1, 0.15) is 39.1 Å². The van der Waals surface area contributed by atoms with E-state index in [-0.39, 0.29) is 11.7 Å². The van der Waals surface area contributed by atoms with Crippen molar-refractivity contribution in [1.29, 1.82) is 0 Å². The highest BCUT2D eigenvalue weighted by Gasteiger charge is 2.32. The van der Waals surface area contributed by atoms with Gasteiger partial charge in [0.15, 0.2) is 0 Å². The molecule has 0 amide bonds. The van der Waals surface area contributed by atoms with Gasteiger partial charge in [-0.1, -0.05) is 0 Å².